The van der Waals surface area contributed by atoms with Crippen molar-refractivity contribution in [3.8, 4) is 5.75 Å². The molecule has 0 aliphatic rings. The van der Waals surface area contributed by atoms with Crippen LogP contribution >= 0.6 is 11.8 Å². The summed E-state index contributed by atoms with van der Waals surface area (Å²) in [4.78, 5) is 31.0. The van der Waals surface area contributed by atoms with Gasteiger partial charge in [-0.2, -0.15) is 0 Å². The second-order valence-electron chi connectivity index (χ2n) is 7.80. The number of rotatable bonds is 7. The van der Waals surface area contributed by atoms with E-state index in [0.29, 0.717) is 16.4 Å². The number of ether oxygens (including phenoxy) is 1. The maximum absolute atomic E-state index is 12.8. The van der Waals surface area contributed by atoms with Crippen LogP contribution in [-0.2, 0) is 11.3 Å². The number of carbonyl (C=O) groups excluding carboxylic acids is 1. The first kappa shape index (κ1) is 22.6. The number of fused-ring (bicyclic) bond motifs is 1. The number of aromatic nitrogens is 4. The van der Waals surface area contributed by atoms with Gasteiger partial charge in [-0.25, -0.2) is 18.9 Å². The van der Waals surface area contributed by atoms with Gasteiger partial charge >= 0.3 is 5.69 Å². The van der Waals surface area contributed by atoms with Gasteiger partial charge in [-0.15, -0.1) is 5.10 Å². The zero-order valence-corrected chi connectivity index (χ0v) is 19.7. The highest BCUT2D eigenvalue weighted by Gasteiger charge is 2.17. The normalized spacial score (nSPS) is 12.0. The Morgan fingerprint density at radius 1 is 1.21 bits per heavy atom. The molecule has 0 saturated carbocycles. The Morgan fingerprint density at radius 2 is 2.03 bits per heavy atom. The molecule has 0 bridgehead atoms. The molecule has 4 aromatic rings. The number of hydrogen-bond donors (Lipinski definition) is 1. The first-order chi connectivity index (χ1) is 15.9. The maximum Gasteiger partial charge on any atom is 0.350 e. The van der Waals surface area contributed by atoms with Crippen molar-refractivity contribution in [3.63, 3.8) is 0 Å². The Balaban J connectivity index is 1.54. The molecule has 33 heavy (non-hydrogen) atoms. The van der Waals surface area contributed by atoms with Crippen LogP contribution in [0.1, 0.15) is 29.7 Å². The van der Waals surface area contributed by atoms with Crippen molar-refractivity contribution in [3.05, 3.63) is 82.0 Å². The van der Waals surface area contributed by atoms with Gasteiger partial charge in [0, 0.05) is 17.3 Å². The van der Waals surface area contributed by atoms with Gasteiger partial charge in [0.15, 0.2) is 5.65 Å². The second-order valence-corrected chi connectivity index (χ2v) is 8.83. The molecule has 0 radical (unpaired) electrons. The number of hydrogen-bond acceptors (Lipinski definition) is 6. The van der Waals surface area contributed by atoms with E-state index < -0.39 is 0 Å². The lowest BCUT2D eigenvalue weighted by Crippen LogP contribution is -2.34. The zero-order valence-electron chi connectivity index (χ0n) is 18.9. The molecule has 0 saturated heterocycles. The number of carbonyl (C=O) groups is 1. The topological polar surface area (TPSA) is 90.5 Å². The predicted octanol–water partition coefficient (Wildman–Crippen LogP) is 3.55. The predicted molar refractivity (Wildman–Crippen MR) is 127 cm³/mol. The van der Waals surface area contributed by atoms with Crippen LogP contribution in [0.3, 0.4) is 0 Å². The first-order valence-electron chi connectivity index (χ1n) is 10.5. The molecule has 1 N–H and O–H groups in total. The molecule has 0 fully saturated rings. The molecule has 1 atom stereocenters. The molecular formula is C24H25N5O3S. The van der Waals surface area contributed by atoms with Gasteiger partial charge in [0.25, 0.3) is 0 Å². The fourth-order valence-electron chi connectivity index (χ4n) is 3.54. The molecule has 0 aliphatic heterocycles. The Bertz CT molecular complexity index is 1380. The van der Waals surface area contributed by atoms with E-state index in [9.17, 15) is 9.59 Å². The minimum atomic E-state index is -0.390. The van der Waals surface area contributed by atoms with Crippen molar-refractivity contribution >= 4 is 23.3 Å². The highest BCUT2D eigenvalue weighted by Crippen LogP contribution is 2.31. The van der Waals surface area contributed by atoms with E-state index in [2.05, 4.69) is 21.5 Å². The lowest BCUT2D eigenvalue weighted by Gasteiger charge is -2.15. The molecule has 2 aromatic heterocycles. The zero-order chi connectivity index (χ0) is 23.5. The third-order valence-corrected chi connectivity index (χ3v) is 6.43. The maximum atomic E-state index is 12.8. The number of nitrogens with one attached hydrogen (secondary N) is 1. The molecule has 2 aromatic carbocycles. The summed E-state index contributed by atoms with van der Waals surface area (Å²) >= 11 is 1.45. The number of methoxy groups -OCH3 is 1. The lowest BCUT2D eigenvalue weighted by atomic mass is 10.1. The molecule has 9 heteroatoms. The van der Waals surface area contributed by atoms with Crippen LogP contribution in [0.15, 0.2) is 69.6 Å². The molecule has 0 aliphatic carbocycles. The van der Waals surface area contributed by atoms with Gasteiger partial charge in [-0.3, -0.25) is 4.79 Å². The second kappa shape index (κ2) is 9.50. The van der Waals surface area contributed by atoms with Crippen molar-refractivity contribution in [2.24, 2.45) is 0 Å². The average Bonchev–Trinajstić information content (AvgIpc) is 3.11. The van der Waals surface area contributed by atoms with Crippen LogP contribution in [-0.4, -0.2) is 32.2 Å². The summed E-state index contributed by atoms with van der Waals surface area (Å²) in [6.45, 7) is 5.76. The van der Waals surface area contributed by atoms with Crippen molar-refractivity contribution in [2.45, 2.75) is 43.3 Å². The van der Waals surface area contributed by atoms with Gasteiger partial charge in [-0.05, 0) is 50.1 Å². The van der Waals surface area contributed by atoms with E-state index in [-0.39, 0.29) is 24.2 Å². The first-order valence-corrected chi connectivity index (χ1v) is 11.3. The highest BCUT2D eigenvalue weighted by atomic mass is 32.2. The Kier molecular flexibility index (Phi) is 6.50. The van der Waals surface area contributed by atoms with Gasteiger partial charge in [-0.1, -0.05) is 41.6 Å². The Morgan fingerprint density at radius 3 is 2.79 bits per heavy atom. The van der Waals surface area contributed by atoms with Crippen LogP contribution in [0.5, 0.6) is 5.75 Å². The lowest BCUT2D eigenvalue weighted by molar-refractivity contribution is -0.122. The fourth-order valence-corrected chi connectivity index (χ4v) is 4.44. The summed E-state index contributed by atoms with van der Waals surface area (Å²) in [7, 11) is 1.60. The third kappa shape index (κ3) is 4.93. The molecule has 170 valence electrons. The van der Waals surface area contributed by atoms with Gasteiger partial charge in [0.05, 0.1) is 13.2 Å². The van der Waals surface area contributed by atoms with Crippen LogP contribution in [0.2, 0.25) is 0 Å². The van der Waals surface area contributed by atoms with Crippen LogP contribution in [0.4, 0.5) is 0 Å². The minimum absolute atomic E-state index is 0.192. The van der Waals surface area contributed by atoms with Crippen LogP contribution in [0, 0.1) is 13.8 Å². The largest absolute Gasteiger partial charge is 0.497 e. The third-order valence-electron chi connectivity index (χ3n) is 5.27. The van der Waals surface area contributed by atoms with E-state index in [1.807, 2.05) is 57.2 Å². The quantitative estimate of drug-likeness (QED) is 0.451. The summed E-state index contributed by atoms with van der Waals surface area (Å²) in [5.41, 5.74) is 3.23. The van der Waals surface area contributed by atoms with E-state index in [1.54, 1.807) is 19.5 Å². The number of aryl methyl sites for hydroxylation is 2. The summed E-state index contributed by atoms with van der Waals surface area (Å²) < 4.78 is 7.82. The molecule has 2 heterocycles. The van der Waals surface area contributed by atoms with Crippen LogP contribution in [0.25, 0.3) is 5.65 Å². The molecular weight excluding hydrogens is 438 g/mol. The molecule has 0 spiro atoms. The molecule has 0 unspecified atom stereocenters. The summed E-state index contributed by atoms with van der Waals surface area (Å²) in [5.74, 6) is 0.402. The monoisotopic (exact) mass is 463 g/mol. The summed E-state index contributed by atoms with van der Waals surface area (Å²) in [6, 6.07) is 13.4. The molecule has 8 nitrogen and oxygen atoms in total. The summed E-state index contributed by atoms with van der Waals surface area (Å²) in [6.07, 6.45) is 3.13. The van der Waals surface area contributed by atoms with E-state index >= 15 is 0 Å². The minimum Gasteiger partial charge on any atom is -0.497 e. The van der Waals surface area contributed by atoms with E-state index in [4.69, 9.17) is 4.74 Å². The SMILES string of the molecule is COc1cccc([C@H](C)NC(=O)Cn2nc3c(Sc4ccc(C)cc4C)nccn3c2=O)c1. The van der Waals surface area contributed by atoms with Gasteiger partial charge in [0.1, 0.15) is 17.3 Å². The van der Waals surface area contributed by atoms with Crippen molar-refractivity contribution in [2.75, 3.05) is 7.11 Å². The Labute approximate surface area is 195 Å². The van der Waals surface area contributed by atoms with Gasteiger partial charge in [0.2, 0.25) is 5.91 Å². The van der Waals surface area contributed by atoms with Crippen molar-refractivity contribution in [1.82, 2.24) is 24.5 Å². The van der Waals surface area contributed by atoms with Crippen LogP contribution < -0.4 is 15.7 Å². The molecule has 4 rings (SSSR count). The fraction of sp³-hybridized carbons (Fsp3) is 0.250. The highest BCUT2D eigenvalue weighted by molar-refractivity contribution is 7.99. The molecule has 1 amide bonds. The average molecular weight is 464 g/mol. The van der Waals surface area contributed by atoms with E-state index in [0.717, 1.165) is 20.7 Å². The van der Waals surface area contributed by atoms with E-state index in [1.165, 1.54) is 21.7 Å². The Hall–Kier alpha value is -3.59. The number of amides is 1. The standard InChI is InChI=1S/C24H25N5O3S/c1-15-8-9-20(16(2)12-15)33-23-22-27-29(24(31)28(22)11-10-25-23)14-21(30)26-17(3)18-6-5-7-19(13-18)32-4/h5-13,17H,14H2,1-4H3,(H,26,30)/t17-/m0/s1. The van der Waals surface area contributed by atoms with Gasteiger partial charge < -0.3 is 10.1 Å². The summed E-state index contributed by atoms with van der Waals surface area (Å²) in [5, 5.41) is 7.92. The van der Waals surface area contributed by atoms with Crippen molar-refractivity contribution in [1.29, 1.82) is 0 Å². The van der Waals surface area contributed by atoms with Crippen molar-refractivity contribution < 1.29 is 9.53 Å². The smallest absolute Gasteiger partial charge is 0.350 e. The number of benzene rings is 2. The number of nitrogens with zero attached hydrogens (tertiary/aromatic N) is 4.